The second-order valence-corrected chi connectivity index (χ2v) is 13.2. The SMILES string of the molecule is Cn1c(Nc2nc3ccc(OCCCCCCCCCC(F)(F)F)cc3s2)nc2cc(CCCCCCCCCC(=O)O)ccc21. The minimum Gasteiger partial charge on any atom is -0.494 e. The quantitative estimate of drug-likeness (QED) is 0.0816. The summed E-state index contributed by atoms with van der Waals surface area (Å²) in [5.41, 5.74) is 4.20. The fourth-order valence-electron chi connectivity index (χ4n) is 5.65. The van der Waals surface area contributed by atoms with E-state index in [2.05, 4.69) is 23.5 Å². The van der Waals surface area contributed by atoms with Crippen molar-refractivity contribution < 1.29 is 27.8 Å². The average Bonchev–Trinajstić information content (AvgIpc) is 3.55. The van der Waals surface area contributed by atoms with Crippen LogP contribution in [0.4, 0.5) is 24.3 Å². The molecule has 2 heterocycles. The number of carboxylic acids is 1. The molecule has 0 aliphatic heterocycles. The van der Waals surface area contributed by atoms with Crippen LogP contribution in [-0.2, 0) is 18.3 Å². The molecule has 0 amide bonds. The Morgan fingerprint density at radius 2 is 1.52 bits per heavy atom. The number of aliphatic carboxylic acids is 1. The first-order chi connectivity index (χ1) is 22.2. The highest BCUT2D eigenvalue weighted by Crippen LogP contribution is 2.32. The van der Waals surface area contributed by atoms with Crippen molar-refractivity contribution in [1.29, 1.82) is 0 Å². The molecule has 0 bridgehead atoms. The van der Waals surface area contributed by atoms with Gasteiger partial charge in [-0.05, 0) is 68.0 Å². The second-order valence-electron chi connectivity index (χ2n) is 12.1. The lowest BCUT2D eigenvalue weighted by Gasteiger charge is -2.07. The van der Waals surface area contributed by atoms with E-state index in [1.54, 1.807) is 11.3 Å². The van der Waals surface area contributed by atoms with Gasteiger partial charge in [-0.1, -0.05) is 81.6 Å². The van der Waals surface area contributed by atoms with Gasteiger partial charge in [0, 0.05) is 19.9 Å². The molecule has 0 aliphatic carbocycles. The van der Waals surface area contributed by atoms with E-state index in [1.807, 2.05) is 29.8 Å². The third kappa shape index (κ3) is 12.1. The molecule has 252 valence electrons. The van der Waals surface area contributed by atoms with Crippen molar-refractivity contribution in [3.05, 3.63) is 42.0 Å². The zero-order valence-corrected chi connectivity index (χ0v) is 27.7. The van der Waals surface area contributed by atoms with Gasteiger partial charge in [-0.2, -0.15) is 13.2 Å². The van der Waals surface area contributed by atoms with Crippen LogP contribution in [-0.4, -0.2) is 38.4 Å². The lowest BCUT2D eigenvalue weighted by atomic mass is 10.0. The summed E-state index contributed by atoms with van der Waals surface area (Å²) in [7, 11) is 2.00. The molecule has 46 heavy (non-hydrogen) atoms. The number of anilines is 2. The lowest BCUT2D eigenvalue weighted by Crippen LogP contribution is -2.06. The summed E-state index contributed by atoms with van der Waals surface area (Å²) in [5, 5.41) is 12.9. The molecule has 0 aliphatic rings. The zero-order valence-electron chi connectivity index (χ0n) is 26.8. The van der Waals surface area contributed by atoms with Gasteiger partial charge < -0.3 is 19.7 Å². The Hall–Kier alpha value is -3.34. The molecule has 4 rings (SSSR count). The van der Waals surface area contributed by atoms with Crippen LogP contribution in [0.2, 0.25) is 0 Å². The van der Waals surface area contributed by atoms with Crippen molar-refractivity contribution in [3.8, 4) is 5.75 Å². The van der Waals surface area contributed by atoms with Crippen LogP contribution in [0.3, 0.4) is 0 Å². The molecule has 0 fully saturated rings. The predicted molar refractivity (Wildman–Crippen MR) is 180 cm³/mol. The minimum atomic E-state index is -4.03. The molecule has 0 saturated carbocycles. The monoisotopic (exact) mass is 660 g/mol. The summed E-state index contributed by atoms with van der Waals surface area (Å²) in [6.45, 7) is 0.613. The van der Waals surface area contributed by atoms with Crippen molar-refractivity contribution in [1.82, 2.24) is 14.5 Å². The zero-order chi connectivity index (χ0) is 32.8. The minimum absolute atomic E-state index is 0.229. The van der Waals surface area contributed by atoms with Gasteiger partial charge in [-0.15, -0.1) is 0 Å². The van der Waals surface area contributed by atoms with Gasteiger partial charge in [-0.25, -0.2) is 9.97 Å². The highest BCUT2D eigenvalue weighted by molar-refractivity contribution is 7.22. The first-order valence-corrected chi connectivity index (χ1v) is 17.5. The molecule has 4 aromatic rings. The Balaban J connectivity index is 1.18. The van der Waals surface area contributed by atoms with E-state index in [4.69, 9.17) is 19.8 Å². The number of carboxylic acid groups (broad SMARTS) is 1. The Morgan fingerprint density at radius 1 is 0.848 bits per heavy atom. The number of benzene rings is 2. The summed E-state index contributed by atoms with van der Waals surface area (Å²) in [5.74, 6) is 0.844. The van der Waals surface area contributed by atoms with Gasteiger partial charge >= 0.3 is 12.1 Å². The van der Waals surface area contributed by atoms with Gasteiger partial charge in [0.2, 0.25) is 5.95 Å². The second kappa shape index (κ2) is 18.1. The van der Waals surface area contributed by atoms with Crippen LogP contribution in [0.5, 0.6) is 5.75 Å². The van der Waals surface area contributed by atoms with Gasteiger partial charge in [0.05, 0.1) is 27.9 Å². The van der Waals surface area contributed by atoms with Crippen molar-refractivity contribution in [2.75, 3.05) is 11.9 Å². The van der Waals surface area contributed by atoms with Gasteiger partial charge in [0.15, 0.2) is 5.13 Å². The summed E-state index contributed by atoms with van der Waals surface area (Å²) in [6.07, 6.45) is 9.76. The molecular weight excluding hydrogens is 613 g/mol. The topological polar surface area (TPSA) is 89.3 Å². The first kappa shape index (κ1) is 35.5. The number of nitrogens with zero attached hydrogens (tertiary/aromatic N) is 3. The Bertz CT molecular complexity index is 1520. The van der Waals surface area contributed by atoms with Crippen LogP contribution in [0.25, 0.3) is 21.3 Å². The first-order valence-electron chi connectivity index (χ1n) is 16.7. The van der Waals surface area contributed by atoms with E-state index in [0.29, 0.717) is 13.0 Å². The maximum absolute atomic E-state index is 12.2. The van der Waals surface area contributed by atoms with Crippen molar-refractivity contribution >= 4 is 49.6 Å². The number of hydrogen-bond acceptors (Lipinski definition) is 6. The van der Waals surface area contributed by atoms with E-state index in [1.165, 1.54) is 18.4 Å². The molecule has 0 radical (unpaired) electrons. The van der Waals surface area contributed by atoms with Crippen LogP contribution in [0.1, 0.15) is 108 Å². The lowest BCUT2D eigenvalue weighted by molar-refractivity contribution is -0.137. The highest BCUT2D eigenvalue weighted by atomic mass is 32.1. The Labute approximate surface area is 273 Å². The number of carbonyl (C=O) groups is 1. The Morgan fingerprint density at radius 3 is 2.24 bits per heavy atom. The van der Waals surface area contributed by atoms with Crippen LogP contribution in [0.15, 0.2) is 36.4 Å². The van der Waals surface area contributed by atoms with Crippen LogP contribution >= 0.6 is 11.3 Å². The number of ether oxygens (including phenoxy) is 1. The normalized spacial score (nSPS) is 11.9. The number of alkyl halides is 3. The third-order valence-electron chi connectivity index (χ3n) is 8.25. The van der Waals surface area contributed by atoms with E-state index >= 15 is 0 Å². The van der Waals surface area contributed by atoms with Crippen LogP contribution in [0, 0.1) is 0 Å². The molecule has 11 heteroatoms. The van der Waals surface area contributed by atoms with Crippen molar-refractivity contribution in [3.63, 3.8) is 0 Å². The number of imidazole rings is 1. The fraction of sp³-hybridized carbons (Fsp3) is 0.571. The number of thiazole rings is 1. The molecule has 0 unspecified atom stereocenters. The molecular formula is C35H47F3N4O3S. The van der Waals surface area contributed by atoms with Gasteiger partial charge in [0.1, 0.15) is 5.75 Å². The molecule has 0 atom stereocenters. The molecule has 0 saturated heterocycles. The number of rotatable bonds is 22. The van der Waals surface area contributed by atoms with E-state index in [9.17, 15) is 18.0 Å². The number of aryl methyl sites for hydroxylation is 2. The molecule has 2 aromatic heterocycles. The van der Waals surface area contributed by atoms with Gasteiger partial charge in [0.25, 0.3) is 0 Å². The summed E-state index contributed by atoms with van der Waals surface area (Å²) in [4.78, 5) is 20.2. The predicted octanol–water partition coefficient (Wildman–Crippen LogP) is 10.7. The maximum Gasteiger partial charge on any atom is 0.389 e. The standard InChI is InChI=1S/C35H47F3N4O3S/c1-42-30-21-18-26(16-12-8-4-2-5-9-13-17-32(43)44)24-29(30)39-33(42)41-34-40-28-20-19-27(25-31(28)46-34)45-23-15-11-7-3-6-10-14-22-35(36,37)38/h18-21,24-25H,2-17,22-23H2,1H3,(H,43,44)(H,39,40,41). The van der Waals surface area contributed by atoms with Crippen molar-refractivity contribution in [2.24, 2.45) is 7.05 Å². The van der Waals surface area contributed by atoms with E-state index in [-0.39, 0.29) is 12.8 Å². The summed E-state index contributed by atoms with van der Waals surface area (Å²) < 4.78 is 45.6. The average molecular weight is 661 g/mol. The number of fused-ring (bicyclic) bond motifs is 2. The number of halogens is 3. The fourth-order valence-corrected chi connectivity index (χ4v) is 6.54. The highest BCUT2D eigenvalue weighted by Gasteiger charge is 2.25. The number of aromatic nitrogens is 3. The van der Waals surface area contributed by atoms with Crippen LogP contribution < -0.4 is 10.1 Å². The summed E-state index contributed by atoms with van der Waals surface area (Å²) in [6, 6.07) is 12.4. The number of hydrogen-bond donors (Lipinski definition) is 2. The van der Waals surface area contributed by atoms with Crippen molar-refractivity contribution in [2.45, 2.75) is 115 Å². The number of nitrogens with one attached hydrogen (secondary N) is 1. The smallest absolute Gasteiger partial charge is 0.389 e. The van der Waals surface area contributed by atoms with E-state index in [0.717, 1.165) is 109 Å². The molecule has 2 N–H and O–H groups in total. The summed E-state index contributed by atoms with van der Waals surface area (Å²) >= 11 is 1.56. The van der Waals surface area contributed by atoms with Gasteiger partial charge in [-0.3, -0.25) is 4.79 Å². The molecule has 0 spiro atoms. The molecule has 2 aromatic carbocycles. The van der Waals surface area contributed by atoms with E-state index < -0.39 is 18.6 Å². The largest absolute Gasteiger partial charge is 0.494 e. The number of unbranched alkanes of at least 4 members (excludes halogenated alkanes) is 12. The third-order valence-corrected chi connectivity index (χ3v) is 9.19. The molecule has 7 nitrogen and oxygen atoms in total. The Kier molecular flexibility index (Phi) is 14.0. The maximum atomic E-state index is 12.2.